The van der Waals surface area contributed by atoms with Crippen molar-refractivity contribution in [1.29, 1.82) is 0 Å². The molecule has 3 rings (SSSR count). The highest BCUT2D eigenvalue weighted by molar-refractivity contribution is 5.90. The van der Waals surface area contributed by atoms with Crippen LogP contribution in [0, 0.1) is 0 Å². The maximum Gasteiger partial charge on any atom is 0.322 e. The van der Waals surface area contributed by atoms with Crippen molar-refractivity contribution in [3.8, 4) is 5.75 Å². The third-order valence-corrected chi connectivity index (χ3v) is 3.89. The molecule has 0 saturated carbocycles. The quantitative estimate of drug-likeness (QED) is 0.828. The SMILES string of the molecule is COc1ccc(NC(=O)N2C3C=CCC2CC3)cc1. The summed E-state index contributed by atoms with van der Waals surface area (Å²) in [6, 6.07) is 8.06. The summed E-state index contributed by atoms with van der Waals surface area (Å²) in [6.07, 6.45) is 7.51. The summed E-state index contributed by atoms with van der Waals surface area (Å²) < 4.78 is 5.10. The van der Waals surface area contributed by atoms with E-state index in [-0.39, 0.29) is 12.1 Å². The average Bonchev–Trinajstić information content (AvgIpc) is 2.70. The van der Waals surface area contributed by atoms with E-state index in [2.05, 4.69) is 17.5 Å². The molecular formula is C15H18N2O2. The van der Waals surface area contributed by atoms with Crippen LogP contribution < -0.4 is 10.1 Å². The second-order valence-corrected chi connectivity index (χ2v) is 5.03. The highest BCUT2D eigenvalue weighted by Crippen LogP contribution is 2.32. The van der Waals surface area contributed by atoms with Crippen molar-refractivity contribution >= 4 is 11.7 Å². The van der Waals surface area contributed by atoms with Crippen molar-refractivity contribution in [2.75, 3.05) is 12.4 Å². The molecule has 1 N–H and O–H groups in total. The molecule has 2 aliphatic heterocycles. The Morgan fingerprint density at radius 3 is 2.79 bits per heavy atom. The Bertz CT molecular complexity index is 495. The van der Waals surface area contributed by atoms with Crippen molar-refractivity contribution in [3.05, 3.63) is 36.4 Å². The molecule has 2 heterocycles. The van der Waals surface area contributed by atoms with Crippen LogP contribution in [0.4, 0.5) is 10.5 Å². The number of hydrogen-bond acceptors (Lipinski definition) is 2. The fourth-order valence-electron chi connectivity index (χ4n) is 2.90. The van der Waals surface area contributed by atoms with Gasteiger partial charge in [0.25, 0.3) is 0 Å². The van der Waals surface area contributed by atoms with Crippen molar-refractivity contribution in [3.63, 3.8) is 0 Å². The number of fused-ring (bicyclic) bond motifs is 2. The van der Waals surface area contributed by atoms with Crippen LogP contribution in [0.5, 0.6) is 5.75 Å². The maximum atomic E-state index is 12.3. The number of methoxy groups -OCH3 is 1. The third-order valence-electron chi connectivity index (χ3n) is 3.89. The monoisotopic (exact) mass is 258 g/mol. The molecule has 4 heteroatoms. The summed E-state index contributed by atoms with van der Waals surface area (Å²) in [5.41, 5.74) is 0.805. The predicted molar refractivity (Wildman–Crippen MR) is 74.4 cm³/mol. The molecule has 2 atom stereocenters. The highest BCUT2D eigenvalue weighted by Gasteiger charge is 2.37. The maximum absolute atomic E-state index is 12.3. The van der Waals surface area contributed by atoms with Crippen LogP contribution in [0.2, 0.25) is 0 Å². The van der Waals surface area contributed by atoms with E-state index < -0.39 is 0 Å². The number of rotatable bonds is 2. The molecule has 2 unspecified atom stereocenters. The number of nitrogens with zero attached hydrogens (tertiary/aromatic N) is 1. The molecule has 0 spiro atoms. The number of carbonyl (C=O) groups is 1. The lowest BCUT2D eigenvalue weighted by atomic mass is 10.1. The number of urea groups is 1. The molecule has 100 valence electrons. The van der Waals surface area contributed by atoms with Crippen LogP contribution in [0.1, 0.15) is 19.3 Å². The minimum absolute atomic E-state index is 0.00187. The molecule has 0 radical (unpaired) electrons. The number of carbonyl (C=O) groups excluding carboxylic acids is 1. The van der Waals surface area contributed by atoms with Gasteiger partial charge in [-0.1, -0.05) is 12.2 Å². The molecule has 4 nitrogen and oxygen atoms in total. The van der Waals surface area contributed by atoms with E-state index in [1.807, 2.05) is 29.2 Å². The van der Waals surface area contributed by atoms with Gasteiger partial charge >= 0.3 is 6.03 Å². The first-order valence-corrected chi connectivity index (χ1v) is 6.68. The average molecular weight is 258 g/mol. The van der Waals surface area contributed by atoms with Crippen LogP contribution >= 0.6 is 0 Å². The Morgan fingerprint density at radius 1 is 1.32 bits per heavy atom. The summed E-state index contributed by atoms with van der Waals surface area (Å²) in [5.74, 6) is 0.791. The van der Waals surface area contributed by atoms with Crippen molar-refractivity contribution < 1.29 is 9.53 Å². The first kappa shape index (κ1) is 12.1. The fraction of sp³-hybridized carbons (Fsp3) is 0.400. The van der Waals surface area contributed by atoms with E-state index in [9.17, 15) is 4.79 Å². The molecule has 1 saturated heterocycles. The van der Waals surface area contributed by atoms with E-state index in [1.54, 1.807) is 7.11 Å². The van der Waals surface area contributed by atoms with E-state index in [0.29, 0.717) is 6.04 Å². The largest absolute Gasteiger partial charge is 0.497 e. The van der Waals surface area contributed by atoms with Gasteiger partial charge in [-0.25, -0.2) is 4.79 Å². The standard InChI is InChI=1S/C15H18N2O2/c1-19-14-9-5-11(6-10-14)16-15(18)17-12-3-2-4-13(17)8-7-12/h2-3,5-6,9-10,12-13H,4,7-8H2,1H3,(H,16,18). The minimum atomic E-state index is 0.00187. The lowest BCUT2D eigenvalue weighted by molar-refractivity contribution is 0.192. The smallest absolute Gasteiger partial charge is 0.322 e. The summed E-state index contributed by atoms with van der Waals surface area (Å²) in [7, 11) is 1.63. The number of benzene rings is 1. The Labute approximate surface area is 113 Å². The summed E-state index contributed by atoms with van der Waals surface area (Å²) in [5, 5.41) is 2.96. The molecule has 0 aliphatic carbocycles. The first-order valence-electron chi connectivity index (χ1n) is 6.68. The molecule has 2 amide bonds. The zero-order valence-corrected chi connectivity index (χ0v) is 11.0. The Kier molecular flexibility index (Phi) is 3.15. The van der Waals surface area contributed by atoms with Crippen molar-refractivity contribution in [2.24, 2.45) is 0 Å². The molecule has 2 aliphatic rings. The molecule has 19 heavy (non-hydrogen) atoms. The Balaban J connectivity index is 1.69. The van der Waals surface area contributed by atoms with Crippen LogP contribution in [0.15, 0.2) is 36.4 Å². The van der Waals surface area contributed by atoms with Gasteiger partial charge in [-0.3, -0.25) is 0 Å². The number of hydrogen-bond donors (Lipinski definition) is 1. The second-order valence-electron chi connectivity index (χ2n) is 5.03. The minimum Gasteiger partial charge on any atom is -0.497 e. The first-order chi connectivity index (χ1) is 9.28. The van der Waals surface area contributed by atoms with Gasteiger partial charge in [0.1, 0.15) is 5.75 Å². The van der Waals surface area contributed by atoms with Gasteiger partial charge < -0.3 is 15.0 Å². The van der Waals surface area contributed by atoms with Crippen LogP contribution in [-0.2, 0) is 0 Å². The van der Waals surface area contributed by atoms with Crippen LogP contribution in [0.3, 0.4) is 0 Å². The third kappa shape index (κ3) is 2.30. The number of nitrogens with one attached hydrogen (secondary N) is 1. The van der Waals surface area contributed by atoms with Gasteiger partial charge in [0, 0.05) is 11.7 Å². The zero-order valence-electron chi connectivity index (χ0n) is 11.0. The summed E-state index contributed by atoms with van der Waals surface area (Å²) in [4.78, 5) is 14.3. The van der Waals surface area contributed by atoms with E-state index in [0.717, 1.165) is 30.7 Å². The number of amides is 2. The van der Waals surface area contributed by atoms with E-state index >= 15 is 0 Å². The van der Waals surface area contributed by atoms with Crippen molar-refractivity contribution in [2.45, 2.75) is 31.3 Å². The van der Waals surface area contributed by atoms with Gasteiger partial charge in [-0.05, 0) is 43.5 Å². The summed E-state index contributed by atoms with van der Waals surface area (Å²) >= 11 is 0. The lowest BCUT2D eigenvalue weighted by Crippen LogP contribution is -2.44. The Morgan fingerprint density at radius 2 is 2.11 bits per heavy atom. The Hall–Kier alpha value is -1.97. The van der Waals surface area contributed by atoms with Crippen LogP contribution in [-0.4, -0.2) is 30.1 Å². The zero-order chi connectivity index (χ0) is 13.2. The van der Waals surface area contributed by atoms with Gasteiger partial charge in [0.15, 0.2) is 0 Å². The topological polar surface area (TPSA) is 41.6 Å². The summed E-state index contributed by atoms with van der Waals surface area (Å²) in [6.45, 7) is 0. The number of ether oxygens (including phenoxy) is 1. The molecule has 1 aromatic rings. The van der Waals surface area contributed by atoms with E-state index in [1.165, 1.54) is 0 Å². The second kappa shape index (κ2) is 4.96. The van der Waals surface area contributed by atoms with Crippen molar-refractivity contribution in [1.82, 2.24) is 4.90 Å². The molecule has 1 aromatic carbocycles. The van der Waals surface area contributed by atoms with E-state index in [4.69, 9.17) is 4.74 Å². The highest BCUT2D eigenvalue weighted by atomic mass is 16.5. The van der Waals surface area contributed by atoms with Crippen LogP contribution in [0.25, 0.3) is 0 Å². The molecule has 0 aromatic heterocycles. The number of anilines is 1. The normalized spacial score (nSPS) is 24.4. The fourth-order valence-corrected chi connectivity index (χ4v) is 2.90. The van der Waals surface area contributed by atoms with Gasteiger partial charge in [-0.15, -0.1) is 0 Å². The van der Waals surface area contributed by atoms with Gasteiger partial charge in [0.05, 0.1) is 13.2 Å². The molecular weight excluding hydrogens is 240 g/mol. The molecule has 1 fully saturated rings. The molecule has 2 bridgehead atoms. The van der Waals surface area contributed by atoms with Gasteiger partial charge in [-0.2, -0.15) is 0 Å². The predicted octanol–water partition coefficient (Wildman–Crippen LogP) is 3.02. The van der Waals surface area contributed by atoms with Gasteiger partial charge in [0.2, 0.25) is 0 Å². The lowest BCUT2D eigenvalue weighted by Gasteiger charge is -2.31.